The highest BCUT2D eigenvalue weighted by Gasteiger charge is 2.18. The van der Waals surface area contributed by atoms with Gasteiger partial charge in [-0.15, -0.1) is 0 Å². The predicted molar refractivity (Wildman–Crippen MR) is 110 cm³/mol. The van der Waals surface area contributed by atoms with Crippen LogP contribution < -0.4 is 10.1 Å². The molecule has 2 N–H and O–H groups in total. The molecule has 0 saturated carbocycles. The highest BCUT2D eigenvalue weighted by molar-refractivity contribution is 5.90. The van der Waals surface area contributed by atoms with E-state index in [1.807, 2.05) is 12.1 Å². The summed E-state index contributed by atoms with van der Waals surface area (Å²) in [6.45, 7) is 3.27. The first kappa shape index (κ1) is 19.5. The molecule has 7 heteroatoms. The van der Waals surface area contributed by atoms with Crippen molar-refractivity contribution in [1.29, 1.82) is 0 Å². The standard InChI is InChI=1S/C22H25FN4O2/c1-29-21-10-18-20(11-19(21)23)25-14-26-22(18)24-12-15-4-2-3-5-16(15)13-27-8-6-17(28)7-9-27/h2-5,10-11,14,17,28H,6-9,12-13H2,1H3,(H,24,25,26). The highest BCUT2D eigenvalue weighted by atomic mass is 19.1. The normalized spacial score (nSPS) is 15.6. The van der Waals surface area contributed by atoms with E-state index in [0.717, 1.165) is 32.5 Å². The zero-order valence-corrected chi connectivity index (χ0v) is 16.4. The second kappa shape index (κ2) is 8.71. The first-order chi connectivity index (χ1) is 14.1. The number of hydrogen-bond acceptors (Lipinski definition) is 6. The van der Waals surface area contributed by atoms with Gasteiger partial charge in [0, 0.05) is 37.6 Å². The maximum Gasteiger partial charge on any atom is 0.167 e. The Hall–Kier alpha value is -2.77. The minimum Gasteiger partial charge on any atom is -0.494 e. The third-order valence-corrected chi connectivity index (χ3v) is 5.42. The van der Waals surface area contributed by atoms with Crippen LogP contribution in [0.2, 0.25) is 0 Å². The van der Waals surface area contributed by atoms with Crippen LogP contribution in [0.1, 0.15) is 24.0 Å². The Morgan fingerprint density at radius 2 is 1.93 bits per heavy atom. The van der Waals surface area contributed by atoms with E-state index in [1.165, 1.54) is 30.6 Å². The lowest BCUT2D eigenvalue weighted by molar-refractivity contribution is 0.0791. The quantitative estimate of drug-likeness (QED) is 0.666. The van der Waals surface area contributed by atoms with E-state index < -0.39 is 5.82 Å². The molecule has 3 aromatic rings. The van der Waals surface area contributed by atoms with Crippen LogP contribution >= 0.6 is 0 Å². The molecular weight excluding hydrogens is 371 g/mol. The van der Waals surface area contributed by atoms with Gasteiger partial charge in [-0.3, -0.25) is 4.90 Å². The average Bonchev–Trinajstić information content (AvgIpc) is 2.74. The molecule has 0 atom stereocenters. The maximum absolute atomic E-state index is 14.0. The van der Waals surface area contributed by atoms with Crippen LogP contribution in [-0.4, -0.2) is 46.3 Å². The van der Waals surface area contributed by atoms with Crippen molar-refractivity contribution in [2.24, 2.45) is 0 Å². The van der Waals surface area contributed by atoms with Crippen molar-refractivity contribution in [3.63, 3.8) is 0 Å². The number of piperidine rings is 1. The van der Waals surface area contributed by atoms with E-state index in [0.29, 0.717) is 23.3 Å². The molecule has 1 aromatic heterocycles. The zero-order chi connectivity index (χ0) is 20.2. The summed E-state index contributed by atoms with van der Waals surface area (Å²) in [6.07, 6.45) is 2.91. The van der Waals surface area contributed by atoms with Gasteiger partial charge in [0.05, 0.1) is 18.7 Å². The van der Waals surface area contributed by atoms with E-state index in [9.17, 15) is 9.50 Å². The van der Waals surface area contributed by atoms with Crippen LogP contribution in [0.15, 0.2) is 42.7 Å². The van der Waals surface area contributed by atoms with Crippen LogP contribution in [-0.2, 0) is 13.1 Å². The number of aromatic nitrogens is 2. The molecule has 29 heavy (non-hydrogen) atoms. The van der Waals surface area contributed by atoms with E-state index in [2.05, 4.69) is 32.3 Å². The number of fused-ring (bicyclic) bond motifs is 1. The number of nitrogens with one attached hydrogen (secondary N) is 1. The summed E-state index contributed by atoms with van der Waals surface area (Å²) in [5.74, 6) is 0.369. The van der Waals surface area contributed by atoms with Crippen molar-refractivity contribution in [3.8, 4) is 5.75 Å². The SMILES string of the molecule is COc1cc2c(NCc3ccccc3CN3CCC(O)CC3)ncnc2cc1F. The van der Waals surface area contributed by atoms with Crippen molar-refractivity contribution < 1.29 is 14.2 Å². The number of anilines is 1. The van der Waals surface area contributed by atoms with Gasteiger partial charge in [0.1, 0.15) is 12.1 Å². The second-order valence-electron chi connectivity index (χ2n) is 7.36. The van der Waals surface area contributed by atoms with Gasteiger partial charge in [-0.1, -0.05) is 24.3 Å². The molecular formula is C22H25FN4O2. The number of likely N-dealkylation sites (tertiary alicyclic amines) is 1. The van der Waals surface area contributed by atoms with Crippen LogP contribution in [0.3, 0.4) is 0 Å². The van der Waals surface area contributed by atoms with Crippen molar-refractivity contribution >= 4 is 16.7 Å². The summed E-state index contributed by atoms with van der Waals surface area (Å²) >= 11 is 0. The Kier molecular flexibility index (Phi) is 5.87. The van der Waals surface area contributed by atoms with E-state index in [-0.39, 0.29) is 11.9 Å². The molecule has 0 aliphatic carbocycles. The summed E-state index contributed by atoms with van der Waals surface area (Å²) in [5, 5.41) is 13.8. The molecule has 1 aliphatic heterocycles. The number of hydrogen-bond donors (Lipinski definition) is 2. The molecule has 1 fully saturated rings. The molecule has 152 valence electrons. The lowest BCUT2D eigenvalue weighted by Crippen LogP contribution is -2.35. The third kappa shape index (κ3) is 4.46. The first-order valence-electron chi connectivity index (χ1n) is 9.83. The Labute approximate surface area is 169 Å². The van der Waals surface area contributed by atoms with Crippen molar-refractivity contribution in [2.75, 3.05) is 25.5 Å². The number of halogens is 1. The summed E-state index contributed by atoms with van der Waals surface area (Å²) in [7, 11) is 1.44. The largest absolute Gasteiger partial charge is 0.494 e. The fourth-order valence-electron chi connectivity index (χ4n) is 3.74. The van der Waals surface area contributed by atoms with Crippen molar-refractivity contribution in [3.05, 3.63) is 59.7 Å². The predicted octanol–water partition coefficient (Wildman–Crippen LogP) is 3.35. The monoisotopic (exact) mass is 396 g/mol. The number of benzene rings is 2. The fourth-order valence-corrected chi connectivity index (χ4v) is 3.74. The lowest BCUT2D eigenvalue weighted by atomic mass is 10.0. The minimum absolute atomic E-state index is 0.169. The van der Waals surface area contributed by atoms with Crippen molar-refractivity contribution in [2.45, 2.75) is 32.0 Å². The summed E-state index contributed by atoms with van der Waals surface area (Å²) in [4.78, 5) is 10.9. The number of aliphatic hydroxyl groups is 1. The van der Waals surface area contributed by atoms with Gasteiger partial charge < -0.3 is 15.2 Å². The Morgan fingerprint density at radius 3 is 2.69 bits per heavy atom. The van der Waals surface area contributed by atoms with E-state index in [4.69, 9.17) is 4.74 Å². The molecule has 0 unspecified atom stereocenters. The summed E-state index contributed by atoms with van der Waals surface area (Å²) in [5.41, 5.74) is 2.96. The Morgan fingerprint density at radius 1 is 1.17 bits per heavy atom. The van der Waals surface area contributed by atoms with Gasteiger partial charge in [0.15, 0.2) is 11.6 Å². The first-order valence-corrected chi connectivity index (χ1v) is 9.83. The molecule has 0 bridgehead atoms. The smallest absolute Gasteiger partial charge is 0.167 e. The van der Waals surface area contributed by atoms with Gasteiger partial charge in [-0.05, 0) is 30.0 Å². The molecule has 0 spiro atoms. The second-order valence-corrected chi connectivity index (χ2v) is 7.36. The minimum atomic E-state index is -0.443. The highest BCUT2D eigenvalue weighted by Crippen LogP contribution is 2.28. The topological polar surface area (TPSA) is 70.5 Å². The molecule has 1 aliphatic rings. The van der Waals surface area contributed by atoms with Gasteiger partial charge in [-0.2, -0.15) is 0 Å². The van der Waals surface area contributed by atoms with Crippen LogP contribution in [0, 0.1) is 5.82 Å². The third-order valence-electron chi connectivity index (χ3n) is 5.42. The van der Waals surface area contributed by atoms with Crippen LogP contribution in [0.5, 0.6) is 5.75 Å². The summed E-state index contributed by atoms with van der Waals surface area (Å²) < 4.78 is 19.1. The Balaban J connectivity index is 1.52. The Bertz CT molecular complexity index is 990. The fraction of sp³-hybridized carbons (Fsp3) is 0.364. The van der Waals surface area contributed by atoms with Gasteiger partial charge in [0.25, 0.3) is 0 Å². The number of nitrogens with zero attached hydrogens (tertiary/aromatic N) is 3. The molecule has 2 heterocycles. The molecule has 6 nitrogen and oxygen atoms in total. The molecule has 1 saturated heterocycles. The van der Waals surface area contributed by atoms with E-state index in [1.54, 1.807) is 6.07 Å². The van der Waals surface area contributed by atoms with Gasteiger partial charge in [-0.25, -0.2) is 14.4 Å². The molecule has 0 amide bonds. The summed E-state index contributed by atoms with van der Waals surface area (Å²) in [6, 6.07) is 11.3. The maximum atomic E-state index is 14.0. The zero-order valence-electron chi connectivity index (χ0n) is 16.4. The van der Waals surface area contributed by atoms with Crippen LogP contribution in [0.4, 0.5) is 10.2 Å². The van der Waals surface area contributed by atoms with E-state index >= 15 is 0 Å². The number of ether oxygens (including phenoxy) is 1. The van der Waals surface area contributed by atoms with Gasteiger partial charge >= 0.3 is 0 Å². The van der Waals surface area contributed by atoms with Crippen LogP contribution in [0.25, 0.3) is 10.9 Å². The number of methoxy groups -OCH3 is 1. The molecule has 2 aromatic carbocycles. The lowest BCUT2D eigenvalue weighted by Gasteiger charge is -2.30. The average molecular weight is 396 g/mol. The van der Waals surface area contributed by atoms with Crippen molar-refractivity contribution in [1.82, 2.24) is 14.9 Å². The molecule has 4 rings (SSSR count). The number of aliphatic hydroxyl groups excluding tert-OH is 1. The van der Waals surface area contributed by atoms with Gasteiger partial charge in [0.2, 0.25) is 0 Å². The molecule has 0 radical (unpaired) electrons. The number of rotatable bonds is 6.